The summed E-state index contributed by atoms with van der Waals surface area (Å²) in [5, 5.41) is 15.0. The van der Waals surface area contributed by atoms with Crippen molar-refractivity contribution in [2.24, 2.45) is 0 Å². The zero-order valence-corrected chi connectivity index (χ0v) is 13.9. The first-order valence-corrected chi connectivity index (χ1v) is 8.18. The summed E-state index contributed by atoms with van der Waals surface area (Å²) in [7, 11) is 0. The average Bonchev–Trinajstić information content (AvgIpc) is 2.90. The van der Waals surface area contributed by atoms with Gasteiger partial charge in [0, 0.05) is 15.6 Å². The van der Waals surface area contributed by atoms with E-state index in [4.69, 9.17) is 27.9 Å². The molecule has 0 spiro atoms. The molecule has 1 fully saturated rings. The number of ether oxygens (including phenoxy) is 1. The van der Waals surface area contributed by atoms with Gasteiger partial charge in [-0.2, -0.15) is 0 Å². The zero-order chi connectivity index (χ0) is 16.0. The molecule has 0 atom stereocenters. The van der Waals surface area contributed by atoms with Gasteiger partial charge < -0.3 is 20.1 Å². The van der Waals surface area contributed by atoms with E-state index in [9.17, 15) is 5.11 Å². The normalized spacial score (nSPS) is 18.3. The second-order valence-electron chi connectivity index (χ2n) is 6.11. The van der Waals surface area contributed by atoms with Crippen LogP contribution < -0.4 is 10.2 Å². The summed E-state index contributed by atoms with van der Waals surface area (Å²) in [6.45, 7) is 1.99. The topological polar surface area (TPSA) is 44.7 Å². The van der Waals surface area contributed by atoms with Crippen LogP contribution in [-0.2, 0) is 4.74 Å². The lowest BCUT2D eigenvalue weighted by Gasteiger charge is -2.39. The van der Waals surface area contributed by atoms with Gasteiger partial charge in [-0.3, -0.25) is 0 Å². The minimum absolute atomic E-state index is 0.388. The van der Waals surface area contributed by atoms with Gasteiger partial charge in [0.1, 0.15) is 5.60 Å². The molecule has 2 aromatic rings. The lowest BCUT2D eigenvalue weighted by atomic mass is 10.0. The predicted octanol–water partition coefficient (Wildman–Crippen LogP) is 3.61. The molecule has 2 aliphatic heterocycles. The van der Waals surface area contributed by atoms with Crippen molar-refractivity contribution in [3.05, 3.63) is 46.4 Å². The molecule has 0 aliphatic carbocycles. The van der Waals surface area contributed by atoms with Crippen molar-refractivity contribution in [2.75, 3.05) is 36.6 Å². The van der Waals surface area contributed by atoms with Gasteiger partial charge in [0.05, 0.1) is 37.8 Å². The van der Waals surface area contributed by atoms with E-state index in [1.54, 1.807) is 12.1 Å². The van der Waals surface area contributed by atoms with Gasteiger partial charge in [0.2, 0.25) is 0 Å². The summed E-state index contributed by atoms with van der Waals surface area (Å²) in [4.78, 5) is 2.12. The van der Waals surface area contributed by atoms with Gasteiger partial charge in [-0.15, -0.1) is 0 Å². The van der Waals surface area contributed by atoms with E-state index >= 15 is 0 Å². The van der Waals surface area contributed by atoms with Crippen LogP contribution in [0.25, 0.3) is 11.1 Å². The Morgan fingerprint density at radius 1 is 1.17 bits per heavy atom. The quantitative estimate of drug-likeness (QED) is 0.887. The van der Waals surface area contributed by atoms with Gasteiger partial charge in [-0.25, -0.2) is 0 Å². The highest BCUT2D eigenvalue weighted by Crippen LogP contribution is 2.39. The van der Waals surface area contributed by atoms with Crippen molar-refractivity contribution < 1.29 is 9.84 Å². The lowest BCUT2D eigenvalue weighted by molar-refractivity contribution is -0.171. The third kappa shape index (κ3) is 2.76. The molecule has 0 amide bonds. The smallest absolute Gasteiger partial charge is 0.128 e. The number of anilines is 2. The minimum Gasteiger partial charge on any atom is -0.383 e. The summed E-state index contributed by atoms with van der Waals surface area (Å²) >= 11 is 12.4. The first-order chi connectivity index (χ1) is 11.0. The fraction of sp³-hybridized carbons (Fsp3) is 0.294. The third-order valence-corrected chi connectivity index (χ3v) is 4.83. The van der Waals surface area contributed by atoms with Crippen molar-refractivity contribution in [3.63, 3.8) is 0 Å². The molecule has 120 valence electrons. The van der Waals surface area contributed by atoms with Crippen LogP contribution in [0.15, 0.2) is 36.4 Å². The molecule has 6 heteroatoms. The van der Waals surface area contributed by atoms with E-state index in [0.717, 1.165) is 22.5 Å². The summed E-state index contributed by atoms with van der Waals surface area (Å²) in [5.74, 6) is 0. The Kier molecular flexibility index (Phi) is 3.65. The molecule has 2 aliphatic rings. The number of halogens is 2. The summed E-state index contributed by atoms with van der Waals surface area (Å²) in [5.41, 5.74) is 3.25. The van der Waals surface area contributed by atoms with Crippen LogP contribution in [0.4, 0.5) is 11.4 Å². The maximum atomic E-state index is 10.3. The molecular weight excluding hydrogens is 335 g/mol. The first-order valence-electron chi connectivity index (χ1n) is 7.43. The van der Waals surface area contributed by atoms with Crippen LogP contribution in [-0.4, -0.2) is 37.1 Å². The second-order valence-corrected chi connectivity index (χ2v) is 6.95. The van der Waals surface area contributed by atoms with Crippen molar-refractivity contribution in [1.82, 2.24) is 0 Å². The molecule has 4 nitrogen and oxygen atoms in total. The highest BCUT2D eigenvalue weighted by atomic mass is 35.5. The summed E-state index contributed by atoms with van der Waals surface area (Å²) in [6.07, 6.45) is 0. The van der Waals surface area contributed by atoms with Crippen LogP contribution in [0.1, 0.15) is 0 Å². The maximum absolute atomic E-state index is 10.3. The van der Waals surface area contributed by atoms with E-state index in [1.165, 1.54) is 0 Å². The number of hydrogen-bond acceptors (Lipinski definition) is 4. The summed E-state index contributed by atoms with van der Waals surface area (Å²) in [6, 6.07) is 11.6. The maximum Gasteiger partial charge on any atom is 0.128 e. The number of nitrogens with zero attached hydrogens (tertiary/aromatic N) is 1. The average molecular weight is 351 g/mol. The number of aliphatic hydroxyl groups is 1. The number of benzene rings is 2. The molecule has 2 heterocycles. The monoisotopic (exact) mass is 350 g/mol. The molecule has 0 saturated carbocycles. The molecule has 23 heavy (non-hydrogen) atoms. The minimum atomic E-state index is -0.757. The standard InChI is InChI=1S/C17H16Cl2N2O2/c18-12-2-3-14(19)13(6-12)11-1-4-15-16(5-11)21(10-20-15)7-17(22)8-23-9-17/h1-6,20,22H,7-10H2. The molecule has 2 aromatic carbocycles. The molecule has 0 aromatic heterocycles. The number of hydrogen-bond donors (Lipinski definition) is 2. The SMILES string of the molecule is OC1(CN2CNc3ccc(-c4cc(Cl)ccc4Cl)cc32)COC1. The Morgan fingerprint density at radius 2 is 2.00 bits per heavy atom. The molecule has 0 bridgehead atoms. The van der Waals surface area contributed by atoms with Crippen molar-refractivity contribution >= 4 is 34.6 Å². The van der Waals surface area contributed by atoms with Gasteiger partial charge in [0.25, 0.3) is 0 Å². The fourth-order valence-corrected chi connectivity index (χ4v) is 3.42. The van der Waals surface area contributed by atoms with Crippen LogP contribution in [0.3, 0.4) is 0 Å². The Balaban J connectivity index is 1.68. The van der Waals surface area contributed by atoms with E-state index in [2.05, 4.69) is 16.3 Å². The highest BCUT2D eigenvalue weighted by molar-refractivity contribution is 6.35. The molecule has 2 N–H and O–H groups in total. The Hall–Kier alpha value is -1.46. The molecule has 0 unspecified atom stereocenters. The number of rotatable bonds is 3. The van der Waals surface area contributed by atoms with E-state index in [1.807, 2.05) is 18.2 Å². The lowest BCUT2D eigenvalue weighted by Crippen LogP contribution is -2.57. The second kappa shape index (κ2) is 5.56. The van der Waals surface area contributed by atoms with Crippen molar-refractivity contribution in [1.29, 1.82) is 0 Å². The molecule has 1 saturated heterocycles. The van der Waals surface area contributed by atoms with Crippen molar-refractivity contribution in [3.8, 4) is 11.1 Å². The largest absolute Gasteiger partial charge is 0.383 e. The highest BCUT2D eigenvalue weighted by Gasteiger charge is 2.39. The van der Waals surface area contributed by atoms with E-state index in [-0.39, 0.29) is 0 Å². The van der Waals surface area contributed by atoms with Crippen LogP contribution in [0.5, 0.6) is 0 Å². The van der Waals surface area contributed by atoms with Crippen molar-refractivity contribution in [2.45, 2.75) is 5.60 Å². The Bertz CT molecular complexity index is 762. The van der Waals surface area contributed by atoms with Gasteiger partial charge in [0.15, 0.2) is 0 Å². The fourth-order valence-electron chi connectivity index (χ4n) is 3.02. The number of nitrogens with one attached hydrogen (secondary N) is 1. The Labute approximate surface area is 144 Å². The first kappa shape index (κ1) is 15.1. The van der Waals surface area contributed by atoms with Gasteiger partial charge in [-0.1, -0.05) is 29.3 Å². The molecule has 4 rings (SSSR count). The van der Waals surface area contributed by atoms with Gasteiger partial charge in [-0.05, 0) is 35.9 Å². The number of fused-ring (bicyclic) bond motifs is 1. The van der Waals surface area contributed by atoms with E-state index in [0.29, 0.717) is 36.5 Å². The van der Waals surface area contributed by atoms with Crippen LogP contribution in [0.2, 0.25) is 10.0 Å². The predicted molar refractivity (Wildman–Crippen MR) is 93.5 cm³/mol. The third-order valence-electron chi connectivity index (χ3n) is 4.26. The number of β-amino-alcohol motifs (C(OH)–C–C–N with tert-alkyl or cyclic N) is 1. The molecular formula is C17H16Cl2N2O2. The van der Waals surface area contributed by atoms with Crippen LogP contribution >= 0.6 is 23.2 Å². The van der Waals surface area contributed by atoms with E-state index < -0.39 is 5.60 Å². The summed E-state index contributed by atoms with van der Waals surface area (Å²) < 4.78 is 5.13. The van der Waals surface area contributed by atoms with Crippen LogP contribution in [0, 0.1) is 0 Å². The Morgan fingerprint density at radius 3 is 2.74 bits per heavy atom. The molecule has 0 radical (unpaired) electrons. The van der Waals surface area contributed by atoms with Gasteiger partial charge >= 0.3 is 0 Å². The zero-order valence-electron chi connectivity index (χ0n) is 12.4.